The monoisotopic (exact) mass is 363 g/mol. The molecule has 8 heteroatoms. The molecule has 0 saturated carbocycles. The quantitative estimate of drug-likeness (QED) is 0.696. The number of hydrogen-bond donors (Lipinski definition) is 2. The number of nitrogens with zero attached hydrogens (tertiary/aromatic N) is 5. The first-order chi connectivity index (χ1) is 13.2. The number of carbonyl (C=O) groups is 1. The average Bonchev–Trinajstić information content (AvgIpc) is 3.31. The number of fused-ring (bicyclic) bond motifs is 1. The summed E-state index contributed by atoms with van der Waals surface area (Å²) >= 11 is 0. The van der Waals surface area contributed by atoms with Crippen LogP contribution in [0.5, 0.6) is 0 Å². The Morgan fingerprint density at radius 2 is 2.19 bits per heavy atom. The largest absolute Gasteiger partial charge is 0.370 e. The Labute approximate surface area is 157 Å². The number of benzene rings is 1. The van der Waals surface area contributed by atoms with Gasteiger partial charge in [-0.1, -0.05) is 12.1 Å². The topological polar surface area (TPSA) is 97.6 Å². The van der Waals surface area contributed by atoms with Crippen LogP contribution in [0.15, 0.2) is 36.5 Å². The zero-order chi connectivity index (χ0) is 18.6. The molecule has 0 bridgehead atoms. The lowest BCUT2D eigenvalue weighted by Gasteiger charge is -2.08. The molecule has 8 nitrogen and oxygen atoms in total. The standard InChI is InChI=1S/C19H21N7O/c1-2-20-15-8-9-21-18(23-15)13-5-3-6-14(11-13)19(27)22-12-17-25-24-16-7-4-10-26(16)17/h3,5-6,8-9,11H,2,4,7,10,12H2,1H3,(H,22,27)(H,20,21,23). The van der Waals surface area contributed by atoms with Gasteiger partial charge in [0.1, 0.15) is 11.6 Å². The van der Waals surface area contributed by atoms with Crippen molar-refractivity contribution in [2.24, 2.45) is 0 Å². The average molecular weight is 363 g/mol. The molecule has 0 radical (unpaired) electrons. The molecule has 0 unspecified atom stereocenters. The van der Waals surface area contributed by atoms with Crippen molar-refractivity contribution in [1.82, 2.24) is 30.0 Å². The van der Waals surface area contributed by atoms with Crippen LogP contribution < -0.4 is 10.6 Å². The van der Waals surface area contributed by atoms with Gasteiger partial charge >= 0.3 is 0 Å². The van der Waals surface area contributed by atoms with Crippen molar-refractivity contribution in [3.63, 3.8) is 0 Å². The van der Waals surface area contributed by atoms with E-state index in [0.717, 1.165) is 49.0 Å². The molecule has 2 N–H and O–H groups in total. The summed E-state index contributed by atoms with van der Waals surface area (Å²) in [7, 11) is 0. The maximum atomic E-state index is 12.6. The normalized spacial score (nSPS) is 12.6. The van der Waals surface area contributed by atoms with E-state index in [1.165, 1.54) is 0 Å². The first-order valence-corrected chi connectivity index (χ1v) is 9.11. The van der Waals surface area contributed by atoms with Crippen LogP contribution in [0.4, 0.5) is 5.82 Å². The fourth-order valence-corrected chi connectivity index (χ4v) is 3.18. The Morgan fingerprint density at radius 3 is 3.07 bits per heavy atom. The van der Waals surface area contributed by atoms with Gasteiger partial charge in [0.25, 0.3) is 5.91 Å². The maximum Gasteiger partial charge on any atom is 0.251 e. The van der Waals surface area contributed by atoms with Crippen molar-refractivity contribution < 1.29 is 4.79 Å². The summed E-state index contributed by atoms with van der Waals surface area (Å²) in [6.07, 6.45) is 3.74. The minimum atomic E-state index is -0.157. The summed E-state index contributed by atoms with van der Waals surface area (Å²) in [5, 5.41) is 14.4. The molecule has 1 amide bonds. The van der Waals surface area contributed by atoms with E-state index in [4.69, 9.17) is 0 Å². The first-order valence-electron chi connectivity index (χ1n) is 9.11. The molecule has 2 aromatic heterocycles. The Bertz CT molecular complexity index is 966. The zero-order valence-electron chi connectivity index (χ0n) is 15.1. The summed E-state index contributed by atoms with van der Waals surface area (Å²) in [5.74, 6) is 2.99. The predicted molar refractivity (Wildman–Crippen MR) is 101 cm³/mol. The highest BCUT2D eigenvalue weighted by Crippen LogP contribution is 2.18. The lowest BCUT2D eigenvalue weighted by molar-refractivity contribution is 0.0949. The van der Waals surface area contributed by atoms with Crippen molar-refractivity contribution in [1.29, 1.82) is 0 Å². The maximum absolute atomic E-state index is 12.6. The van der Waals surface area contributed by atoms with Crippen LogP contribution in [0, 0.1) is 0 Å². The van der Waals surface area contributed by atoms with Gasteiger partial charge in [0.2, 0.25) is 0 Å². The molecule has 0 saturated heterocycles. The highest BCUT2D eigenvalue weighted by molar-refractivity contribution is 5.95. The van der Waals surface area contributed by atoms with Crippen LogP contribution >= 0.6 is 0 Å². The summed E-state index contributed by atoms with van der Waals surface area (Å²) < 4.78 is 2.08. The molecule has 27 heavy (non-hydrogen) atoms. The summed E-state index contributed by atoms with van der Waals surface area (Å²) in [4.78, 5) is 21.4. The summed E-state index contributed by atoms with van der Waals surface area (Å²) in [6.45, 7) is 4.08. The molecule has 1 aliphatic heterocycles. The van der Waals surface area contributed by atoms with Crippen molar-refractivity contribution in [2.75, 3.05) is 11.9 Å². The molecular formula is C19H21N7O. The molecule has 0 aliphatic carbocycles. The second kappa shape index (κ2) is 7.53. The third-order valence-electron chi connectivity index (χ3n) is 4.49. The minimum Gasteiger partial charge on any atom is -0.370 e. The molecular weight excluding hydrogens is 342 g/mol. The number of amides is 1. The van der Waals surface area contributed by atoms with Gasteiger partial charge in [-0.2, -0.15) is 0 Å². The minimum absolute atomic E-state index is 0.157. The van der Waals surface area contributed by atoms with Gasteiger partial charge in [-0.05, 0) is 31.5 Å². The van der Waals surface area contributed by atoms with E-state index < -0.39 is 0 Å². The van der Waals surface area contributed by atoms with Gasteiger partial charge in [0.05, 0.1) is 6.54 Å². The number of aryl methyl sites for hydroxylation is 1. The van der Waals surface area contributed by atoms with Crippen molar-refractivity contribution in [3.8, 4) is 11.4 Å². The Hall–Kier alpha value is -3.29. The van der Waals surface area contributed by atoms with Crippen LogP contribution in [-0.2, 0) is 19.5 Å². The van der Waals surface area contributed by atoms with Gasteiger partial charge in [-0.3, -0.25) is 4.79 Å². The molecule has 138 valence electrons. The Morgan fingerprint density at radius 1 is 1.26 bits per heavy atom. The highest BCUT2D eigenvalue weighted by Gasteiger charge is 2.18. The second-order valence-corrected chi connectivity index (χ2v) is 6.35. The van der Waals surface area contributed by atoms with Gasteiger partial charge in [-0.15, -0.1) is 10.2 Å². The number of carbonyl (C=O) groups excluding carboxylic acids is 1. The first kappa shape index (κ1) is 17.1. The fraction of sp³-hybridized carbons (Fsp3) is 0.316. The van der Waals surface area contributed by atoms with Crippen molar-refractivity contribution >= 4 is 11.7 Å². The number of rotatable bonds is 6. The number of nitrogens with one attached hydrogen (secondary N) is 2. The molecule has 3 aromatic rings. The number of anilines is 1. The molecule has 4 rings (SSSR count). The van der Waals surface area contributed by atoms with Gasteiger partial charge in [0.15, 0.2) is 11.6 Å². The molecule has 0 atom stereocenters. The smallest absolute Gasteiger partial charge is 0.251 e. The molecule has 0 fully saturated rings. The number of aromatic nitrogens is 5. The fourth-order valence-electron chi connectivity index (χ4n) is 3.18. The predicted octanol–water partition coefficient (Wildman–Crippen LogP) is 2.04. The van der Waals surface area contributed by atoms with Crippen LogP contribution in [0.3, 0.4) is 0 Å². The summed E-state index contributed by atoms with van der Waals surface area (Å²) in [6, 6.07) is 9.13. The number of hydrogen-bond acceptors (Lipinski definition) is 6. The summed E-state index contributed by atoms with van der Waals surface area (Å²) in [5.41, 5.74) is 1.36. The Balaban J connectivity index is 1.48. The lowest BCUT2D eigenvalue weighted by atomic mass is 10.1. The van der Waals surface area contributed by atoms with E-state index in [-0.39, 0.29) is 5.91 Å². The third kappa shape index (κ3) is 3.64. The van der Waals surface area contributed by atoms with Crippen LogP contribution in [0.1, 0.15) is 35.4 Å². The molecule has 3 heterocycles. The van der Waals surface area contributed by atoms with Crippen LogP contribution in [-0.4, -0.2) is 37.2 Å². The van der Waals surface area contributed by atoms with E-state index in [9.17, 15) is 4.79 Å². The highest BCUT2D eigenvalue weighted by atomic mass is 16.1. The zero-order valence-corrected chi connectivity index (χ0v) is 15.1. The van der Waals surface area contributed by atoms with Crippen LogP contribution in [0.25, 0.3) is 11.4 Å². The van der Waals surface area contributed by atoms with Gasteiger partial charge in [-0.25, -0.2) is 9.97 Å². The van der Waals surface area contributed by atoms with E-state index in [0.29, 0.717) is 17.9 Å². The van der Waals surface area contributed by atoms with Crippen molar-refractivity contribution in [3.05, 3.63) is 53.7 Å². The lowest BCUT2D eigenvalue weighted by Crippen LogP contribution is -2.24. The van der Waals surface area contributed by atoms with E-state index in [1.54, 1.807) is 18.3 Å². The third-order valence-corrected chi connectivity index (χ3v) is 4.49. The molecule has 1 aromatic carbocycles. The molecule has 0 spiro atoms. The van der Waals surface area contributed by atoms with E-state index in [2.05, 4.69) is 35.4 Å². The molecule has 1 aliphatic rings. The van der Waals surface area contributed by atoms with Crippen molar-refractivity contribution in [2.45, 2.75) is 32.9 Å². The van der Waals surface area contributed by atoms with E-state index in [1.807, 2.05) is 25.1 Å². The van der Waals surface area contributed by atoms with Gasteiger partial charge in [0, 0.05) is 36.8 Å². The Kier molecular flexibility index (Phi) is 4.78. The SMILES string of the molecule is CCNc1ccnc(-c2cccc(C(=O)NCc3nnc4n3CCC4)c2)n1. The van der Waals surface area contributed by atoms with E-state index >= 15 is 0 Å². The van der Waals surface area contributed by atoms with Crippen LogP contribution in [0.2, 0.25) is 0 Å². The van der Waals surface area contributed by atoms with Gasteiger partial charge < -0.3 is 15.2 Å². The second-order valence-electron chi connectivity index (χ2n) is 6.35.